The standard InChI is InChI=1S/C13H9Cl2FN2O2/c1-7-2-12(15)13(6-11(7)14)17-9-3-8(16)4-10(5-9)18(19)20/h2-6,17H,1H3. The lowest BCUT2D eigenvalue weighted by atomic mass is 10.2. The minimum Gasteiger partial charge on any atom is -0.354 e. The Morgan fingerprint density at radius 2 is 1.85 bits per heavy atom. The number of hydrogen-bond acceptors (Lipinski definition) is 3. The van der Waals surface area contributed by atoms with E-state index in [-0.39, 0.29) is 11.4 Å². The molecule has 104 valence electrons. The maximum Gasteiger partial charge on any atom is 0.274 e. The topological polar surface area (TPSA) is 55.2 Å². The van der Waals surface area contributed by atoms with Crippen LogP contribution in [-0.2, 0) is 0 Å². The van der Waals surface area contributed by atoms with Gasteiger partial charge in [-0.05, 0) is 30.7 Å². The fraction of sp³-hybridized carbons (Fsp3) is 0.0769. The molecule has 2 aromatic rings. The minimum atomic E-state index is -0.712. The molecule has 0 aliphatic rings. The fourth-order valence-electron chi connectivity index (χ4n) is 1.65. The van der Waals surface area contributed by atoms with Gasteiger partial charge in [0.25, 0.3) is 5.69 Å². The molecule has 0 aliphatic heterocycles. The van der Waals surface area contributed by atoms with Gasteiger partial charge in [-0.1, -0.05) is 23.2 Å². The third kappa shape index (κ3) is 3.18. The lowest BCUT2D eigenvalue weighted by Gasteiger charge is -2.10. The molecular weight excluding hydrogens is 306 g/mol. The third-order valence-electron chi connectivity index (χ3n) is 2.62. The van der Waals surface area contributed by atoms with E-state index in [4.69, 9.17) is 23.2 Å². The van der Waals surface area contributed by atoms with Crippen LogP contribution < -0.4 is 5.32 Å². The first kappa shape index (κ1) is 14.6. The fourth-order valence-corrected chi connectivity index (χ4v) is 2.08. The van der Waals surface area contributed by atoms with Crippen LogP contribution in [0.5, 0.6) is 0 Å². The third-order valence-corrected chi connectivity index (χ3v) is 3.34. The van der Waals surface area contributed by atoms with Crippen molar-refractivity contribution in [1.29, 1.82) is 0 Å². The summed E-state index contributed by atoms with van der Waals surface area (Å²) < 4.78 is 13.3. The number of benzene rings is 2. The van der Waals surface area contributed by atoms with Crippen molar-refractivity contribution < 1.29 is 9.31 Å². The Bertz CT molecular complexity index is 692. The van der Waals surface area contributed by atoms with Crippen molar-refractivity contribution in [3.05, 3.63) is 61.9 Å². The summed E-state index contributed by atoms with van der Waals surface area (Å²) >= 11 is 12.0. The molecule has 0 unspecified atom stereocenters. The molecule has 2 aromatic carbocycles. The zero-order valence-corrected chi connectivity index (χ0v) is 11.8. The van der Waals surface area contributed by atoms with Gasteiger partial charge in [0.15, 0.2) is 0 Å². The van der Waals surface area contributed by atoms with Crippen LogP contribution in [0, 0.1) is 22.9 Å². The lowest BCUT2D eigenvalue weighted by molar-refractivity contribution is -0.385. The van der Waals surface area contributed by atoms with Crippen molar-refractivity contribution in [1.82, 2.24) is 0 Å². The van der Waals surface area contributed by atoms with Gasteiger partial charge in [-0.2, -0.15) is 0 Å². The molecule has 2 rings (SSSR count). The first-order chi connectivity index (χ1) is 9.36. The monoisotopic (exact) mass is 314 g/mol. The van der Waals surface area contributed by atoms with Crippen LogP contribution >= 0.6 is 23.2 Å². The van der Waals surface area contributed by atoms with E-state index in [1.165, 1.54) is 6.07 Å². The molecule has 0 saturated carbocycles. The molecule has 0 spiro atoms. The molecule has 0 fully saturated rings. The van der Waals surface area contributed by atoms with Crippen molar-refractivity contribution in [2.24, 2.45) is 0 Å². The van der Waals surface area contributed by atoms with Gasteiger partial charge in [-0.15, -0.1) is 0 Å². The first-order valence-corrected chi connectivity index (χ1v) is 6.30. The highest BCUT2D eigenvalue weighted by Crippen LogP contribution is 2.32. The maximum atomic E-state index is 13.3. The smallest absolute Gasteiger partial charge is 0.274 e. The summed E-state index contributed by atoms with van der Waals surface area (Å²) in [6, 6.07) is 6.43. The average Bonchev–Trinajstić information content (AvgIpc) is 2.35. The van der Waals surface area contributed by atoms with Crippen molar-refractivity contribution in [3.8, 4) is 0 Å². The van der Waals surface area contributed by atoms with Crippen LogP contribution in [0.2, 0.25) is 10.0 Å². The van der Waals surface area contributed by atoms with E-state index in [1.54, 1.807) is 19.1 Å². The van der Waals surface area contributed by atoms with Gasteiger partial charge < -0.3 is 5.32 Å². The molecular formula is C13H9Cl2FN2O2. The Morgan fingerprint density at radius 3 is 2.50 bits per heavy atom. The molecule has 0 aromatic heterocycles. The van der Waals surface area contributed by atoms with Gasteiger partial charge >= 0.3 is 0 Å². The summed E-state index contributed by atoms with van der Waals surface area (Å²) in [7, 11) is 0. The number of aryl methyl sites for hydroxylation is 1. The van der Waals surface area contributed by atoms with E-state index < -0.39 is 10.7 Å². The van der Waals surface area contributed by atoms with E-state index in [1.807, 2.05) is 0 Å². The van der Waals surface area contributed by atoms with Gasteiger partial charge in [0.1, 0.15) is 5.82 Å². The van der Waals surface area contributed by atoms with Gasteiger partial charge in [-0.25, -0.2) is 4.39 Å². The molecule has 1 N–H and O–H groups in total. The van der Waals surface area contributed by atoms with Crippen LogP contribution in [0.15, 0.2) is 30.3 Å². The van der Waals surface area contributed by atoms with E-state index in [2.05, 4.69) is 5.32 Å². The van der Waals surface area contributed by atoms with E-state index >= 15 is 0 Å². The lowest BCUT2D eigenvalue weighted by Crippen LogP contribution is -1.96. The van der Waals surface area contributed by atoms with E-state index in [0.717, 1.165) is 17.7 Å². The van der Waals surface area contributed by atoms with Crippen molar-refractivity contribution in [3.63, 3.8) is 0 Å². The Kier molecular flexibility index (Phi) is 4.11. The second-order valence-corrected chi connectivity index (χ2v) is 4.98. The highest BCUT2D eigenvalue weighted by Gasteiger charge is 2.11. The quantitative estimate of drug-likeness (QED) is 0.634. The van der Waals surface area contributed by atoms with Crippen LogP contribution in [-0.4, -0.2) is 4.92 Å². The molecule has 0 radical (unpaired) electrons. The number of nitrogens with one attached hydrogen (secondary N) is 1. The normalized spacial score (nSPS) is 10.4. The molecule has 20 heavy (non-hydrogen) atoms. The molecule has 0 atom stereocenters. The second kappa shape index (κ2) is 5.64. The summed E-state index contributed by atoms with van der Waals surface area (Å²) in [4.78, 5) is 10.0. The zero-order valence-electron chi connectivity index (χ0n) is 10.3. The number of nitro benzene ring substituents is 1. The largest absolute Gasteiger partial charge is 0.354 e. The summed E-state index contributed by atoms with van der Waals surface area (Å²) in [5.74, 6) is -0.712. The minimum absolute atomic E-state index is 0.221. The number of rotatable bonds is 3. The highest BCUT2D eigenvalue weighted by molar-refractivity contribution is 6.35. The average molecular weight is 315 g/mol. The predicted octanol–water partition coefficient (Wildman–Crippen LogP) is 5.09. The summed E-state index contributed by atoms with van der Waals surface area (Å²) in [5, 5.41) is 14.4. The molecule has 4 nitrogen and oxygen atoms in total. The number of hydrogen-bond donors (Lipinski definition) is 1. The van der Waals surface area contributed by atoms with Crippen LogP contribution in [0.4, 0.5) is 21.5 Å². The summed E-state index contributed by atoms with van der Waals surface area (Å²) in [5.41, 5.74) is 1.12. The van der Waals surface area contributed by atoms with E-state index in [0.29, 0.717) is 15.7 Å². The Hall–Kier alpha value is -1.85. The highest BCUT2D eigenvalue weighted by atomic mass is 35.5. The van der Waals surface area contributed by atoms with Gasteiger partial charge in [0.05, 0.1) is 21.7 Å². The van der Waals surface area contributed by atoms with Gasteiger partial charge in [0.2, 0.25) is 0 Å². The Labute approximate surface area is 124 Å². The number of non-ortho nitro benzene ring substituents is 1. The number of halogens is 3. The Morgan fingerprint density at radius 1 is 1.15 bits per heavy atom. The van der Waals surface area contributed by atoms with Crippen molar-refractivity contribution in [2.75, 3.05) is 5.32 Å². The van der Waals surface area contributed by atoms with Gasteiger partial charge in [-0.3, -0.25) is 10.1 Å². The summed E-state index contributed by atoms with van der Waals surface area (Å²) in [6.07, 6.45) is 0. The zero-order chi connectivity index (χ0) is 14.9. The molecule has 0 amide bonds. The molecule has 0 bridgehead atoms. The van der Waals surface area contributed by atoms with Crippen LogP contribution in [0.25, 0.3) is 0 Å². The summed E-state index contributed by atoms with van der Waals surface area (Å²) in [6.45, 7) is 1.80. The number of anilines is 2. The SMILES string of the molecule is Cc1cc(Cl)c(Nc2cc(F)cc([N+](=O)[O-])c2)cc1Cl. The van der Waals surface area contributed by atoms with Crippen molar-refractivity contribution >= 4 is 40.3 Å². The maximum absolute atomic E-state index is 13.3. The van der Waals surface area contributed by atoms with Gasteiger partial charge in [0, 0.05) is 16.8 Å². The predicted molar refractivity (Wildman–Crippen MR) is 77.5 cm³/mol. The molecule has 0 saturated heterocycles. The first-order valence-electron chi connectivity index (χ1n) is 5.54. The van der Waals surface area contributed by atoms with E-state index in [9.17, 15) is 14.5 Å². The molecule has 0 heterocycles. The molecule has 7 heteroatoms. The second-order valence-electron chi connectivity index (χ2n) is 4.16. The van der Waals surface area contributed by atoms with Crippen molar-refractivity contribution in [2.45, 2.75) is 6.92 Å². The number of nitrogens with zero attached hydrogens (tertiary/aromatic N) is 1. The molecule has 0 aliphatic carbocycles. The van der Waals surface area contributed by atoms with Crippen LogP contribution in [0.1, 0.15) is 5.56 Å². The number of nitro groups is 1. The Balaban J connectivity index is 2.40. The van der Waals surface area contributed by atoms with Crippen LogP contribution in [0.3, 0.4) is 0 Å².